The largest absolute Gasteiger partial charge is 0.476 e. The number of hydrogen-bond acceptors (Lipinski definition) is 4. The van der Waals surface area contributed by atoms with Gasteiger partial charge in [-0.3, -0.25) is 0 Å². The maximum atomic E-state index is 11.1. The Morgan fingerprint density at radius 3 is 2.71 bits per heavy atom. The van der Waals surface area contributed by atoms with E-state index < -0.39 is 11.9 Å². The van der Waals surface area contributed by atoms with E-state index >= 15 is 0 Å². The fraction of sp³-hybridized carbons (Fsp3) is 0.375. The number of aromatic nitrogens is 2. The number of nitrogens with zero attached hydrogens (tertiary/aromatic N) is 2. The molecule has 0 aliphatic carbocycles. The molecule has 0 amide bonds. The van der Waals surface area contributed by atoms with Gasteiger partial charge in [0.15, 0.2) is 11.4 Å². The molecule has 1 heterocycles. The molecular weight excluding hydrogens is 188 g/mol. The summed E-state index contributed by atoms with van der Waals surface area (Å²) < 4.78 is 5.78. The van der Waals surface area contributed by atoms with Crippen LogP contribution < -0.4 is 0 Å². The Bertz CT molecular complexity index is 369. The van der Waals surface area contributed by atoms with Crippen LogP contribution in [-0.4, -0.2) is 33.7 Å². The molecule has 14 heavy (non-hydrogen) atoms. The van der Waals surface area contributed by atoms with Gasteiger partial charge < -0.3 is 14.4 Å². The van der Waals surface area contributed by atoms with E-state index in [-0.39, 0.29) is 11.4 Å². The summed E-state index contributed by atoms with van der Waals surface area (Å²) in [7, 11) is 1.18. The standard InChI is InChI=1S/C8H10N2O4/c1-3-10-4-9-5(8(13)14-2)6(10)7(11)12/h4H,3H2,1-2H3,(H,11,12). The number of ether oxygens (including phenoxy) is 1. The Morgan fingerprint density at radius 2 is 2.29 bits per heavy atom. The molecule has 0 saturated heterocycles. The highest BCUT2D eigenvalue weighted by atomic mass is 16.5. The quantitative estimate of drug-likeness (QED) is 0.710. The van der Waals surface area contributed by atoms with Crippen LogP contribution >= 0.6 is 0 Å². The number of carboxylic acid groups (broad SMARTS) is 1. The lowest BCUT2D eigenvalue weighted by Crippen LogP contribution is -2.13. The van der Waals surface area contributed by atoms with Crippen LogP contribution in [0.1, 0.15) is 27.9 Å². The van der Waals surface area contributed by atoms with Gasteiger partial charge in [0, 0.05) is 6.54 Å². The third-order valence-corrected chi connectivity index (χ3v) is 1.76. The van der Waals surface area contributed by atoms with Gasteiger partial charge in [0.2, 0.25) is 0 Å². The van der Waals surface area contributed by atoms with Crippen molar-refractivity contribution in [3.8, 4) is 0 Å². The summed E-state index contributed by atoms with van der Waals surface area (Å²) >= 11 is 0. The number of aryl methyl sites for hydroxylation is 1. The second-order valence-electron chi connectivity index (χ2n) is 2.52. The van der Waals surface area contributed by atoms with Crippen LogP contribution in [0, 0.1) is 0 Å². The van der Waals surface area contributed by atoms with Crippen molar-refractivity contribution in [3.05, 3.63) is 17.7 Å². The third-order valence-electron chi connectivity index (χ3n) is 1.76. The highest BCUT2D eigenvalue weighted by Crippen LogP contribution is 2.08. The van der Waals surface area contributed by atoms with Crippen molar-refractivity contribution >= 4 is 11.9 Å². The Hall–Kier alpha value is -1.85. The van der Waals surface area contributed by atoms with Gasteiger partial charge >= 0.3 is 11.9 Å². The number of imidazole rings is 1. The number of rotatable bonds is 3. The lowest BCUT2D eigenvalue weighted by molar-refractivity contribution is 0.0574. The molecule has 0 fully saturated rings. The zero-order valence-electron chi connectivity index (χ0n) is 7.85. The van der Waals surface area contributed by atoms with Crippen molar-refractivity contribution < 1.29 is 19.4 Å². The average Bonchev–Trinajstić information content (AvgIpc) is 2.59. The minimum atomic E-state index is -1.19. The van der Waals surface area contributed by atoms with E-state index in [1.54, 1.807) is 6.92 Å². The lowest BCUT2D eigenvalue weighted by atomic mass is 10.3. The highest BCUT2D eigenvalue weighted by Gasteiger charge is 2.23. The molecule has 1 aromatic rings. The third kappa shape index (κ3) is 1.59. The van der Waals surface area contributed by atoms with Crippen LogP contribution in [0.15, 0.2) is 6.33 Å². The molecule has 1 N–H and O–H groups in total. The second-order valence-corrected chi connectivity index (χ2v) is 2.52. The van der Waals surface area contributed by atoms with Crippen molar-refractivity contribution in [3.63, 3.8) is 0 Å². The Balaban J connectivity index is 3.24. The molecule has 6 heteroatoms. The molecule has 0 atom stereocenters. The van der Waals surface area contributed by atoms with Gasteiger partial charge in [-0.05, 0) is 6.92 Å². The average molecular weight is 198 g/mol. The monoisotopic (exact) mass is 198 g/mol. The van der Waals surface area contributed by atoms with Gasteiger partial charge in [-0.2, -0.15) is 0 Å². The predicted octanol–water partition coefficient (Wildman–Crippen LogP) is 0.388. The second kappa shape index (κ2) is 3.91. The van der Waals surface area contributed by atoms with Gasteiger partial charge in [-0.15, -0.1) is 0 Å². The van der Waals surface area contributed by atoms with Gasteiger partial charge in [0.25, 0.3) is 0 Å². The van der Waals surface area contributed by atoms with E-state index in [1.807, 2.05) is 0 Å². The maximum absolute atomic E-state index is 11.1. The van der Waals surface area contributed by atoms with Crippen LogP contribution in [0.4, 0.5) is 0 Å². The number of esters is 1. The Morgan fingerprint density at radius 1 is 1.64 bits per heavy atom. The number of aromatic carboxylic acids is 1. The molecule has 0 spiro atoms. The van der Waals surface area contributed by atoms with E-state index in [0.29, 0.717) is 6.54 Å². The predicted molar refractivity (Wildman–Crippen MR) is 46.2 cm³/mol. The van der Waals surface area contributed by atoms with Crippen molar-refractivity contribution in [1.82, 2.24) is 9.55 Å². The SMILES string of the molecule is CCn1cnc(C(=O)OC)c1C(=O)O. The molecule has 1 aromatic heterocycles. The summed E-state index contributed by atoms with van der Waals surface area (Å²) in [6.45, 7) is 2.20. The Labute approximate surface area is 80.1 Å². The van der Waals surface area contributed by atoms with Crippen LogP contribution in [0.25, 0.3) is 0 Å². The highest BCUT2D eigenvalue weighted by molar-refractivity contribution is 5.99. The first kappa shape index (κ1) is 10.2. The summed E-state index contributed by atoms with van der Waals surface area (Å²) in [5.74, 6) is -1.93. The minimum absolute atomic E-state index is 0.139. The fourth-order valence-corrected chi connectivity index (χ4v) is 1.09. The van der Waals surface area contributed by atoms with Crippen LogP contribution in [0.2, 0.25) is 0 Å². The Kier molecular flexibility index (Phi) is 2.85. The first-order valence-electron chi connectivity index (χ1n) is 3.98. The van der Waals surface area contributed by atoms with E-state index in [9.17, 15) is 9.59 Å². The summed E-state index contributed by atoms with van der Waals surface area (Å²) in [6, 6.07) is 0. The van der Waals surface area contributed by atoms with Gasteiger partial charge in [-0.25, -0.2) is 14.6 Å². The molecule has 0 aliphatic heterocycles. The number of carboxylic acids is 1. The van der Waals surface area contributed by atoms with Gasteiger partial charge in [0.05, 0.1) is 13.4 Å². The van der Waals surface area contributed by atoms with E-state index in [1.165, 1.54) is 18.0 Å². The zero-order chi connectivity index (χ0) is 10.7. The van der Waals surface area contributed by atoms with Crippen LogP contribution in [0.3, 0.4) is 0 Å². The summed E-state index contributed by atoms with van der Waals surface area (Å²) in [4.78, 5) is 25.6. The number of hydrogen-bond donors (Lipinski definition) is 1. The molecule has 0 saturated carbocycles. The molecule has 1 rings (SSSR count). The number of methoxy groups -OCH3 is 1. The number of carbonyl (C=O) groups excluding carboxylic acids is 1. The molecule has 0 unspecified atom stereocenters. The topological polar surface area (TPSA) is 81.4 Å². The number of carbonyl (C=O) groups is 2. The first-order valence-corrected chi connectivity index (χ1v) is 3.98. The van der Waals surface area contributed by atoms with Crippen molar-refractivity contribution in [2.45, 2.75) is 13.5 Å². The molecule has 0 aliphatic rings. The van der Waals surface area contributed by atoms with Crippen molar-refractivity contribution in [1.29, 1.82) is 0 Å². The van der Waals surface area contributed by atoms with Crippen molar-refractivity contribution in [2.24, 2.45) is 0 Å². The molecule has 0 radical (unpaired) electrons. The summed E-state index contributed by atoms with van der Waals surface area (Å²) in [5, 5.41) is 8.84. The fourth-order valence-electron chi connectivity index (χ4n) is 1.09. The van der Waals surface area contributed by atoms with Crippen LogP contribution in [-0.2, 0) is 11.3 Å². The van der Waals surface area contributed by atoms with E-state index in [4.69, 9.17) is 5.11 Å². The molecule has 76 valence electrons. The summed E-state index contributed by atoms with van der Waals surface area (Å²) in [6.07, 6.45) is 1.30. The summed E-state index contributed by atoms with van der Waals surface area (Å²) in [5.41, 5.74) is -0.304. The van der Waals surface area contributed by atoms with E-state index in [2.05, 4.69) is 9.72 Å². The lowest BCUT2D eigenvalue weighted by Gasteiger charge is -2.01. The van der Waals surface area contributed by atoms with Gasteiger partial charge in [-0.1, -0.05) is 0 Å². The van der Waals surface area contributed by atoms with Gasteiger partial charge in [0.1, 0.15) is 0 Å². The first-order chi connectivity index (χ1) is 6.61. The van der Waals surface area contributed by atoms with E-state index in [0.717, 1.165) is 0 Å². The molecular formula is C8H10N2O4. The molecule has 6 nitrogen and oxygen atoms in total. The maximum Gasteiger partial charge on any atom is 0.359 e. The molecule has 0 bridgehead atoms. The minimum Gasteiger partial charge on any atom is -0.476 e. The molecule has 0 aromatic carbocycles. The smallest absolute Gasteiger partial charge is 0.359 e. The van der Waals surface area contributed by atoms with Crippen LogP contribution in [0.5, 0.6) is 0 Å². The van der Waals surface area contributed by atoms with Crippen molar-refractivity contribution in [2.75, 3.05) is 7.11 Å². The normalized spacial score (nSPS) is 9.86. The zero-order valence-corrected chi connectivity index (χ0v) is 7.85.